The van der Waals surface area contributed by atoms with Crippen LogP contribution in [-0.2, 0) is 16.6 Å². The predicted octanol–water partition coefficient (Wildman–Crippen LogP) is 1.45. The number of aryl methyl sites for hydroxylation is 1. The summed E-state index contributed by atoms with van der Waals surface area (Å²) in [5.74, 6) is -2.47. The van der Waals surface area contributed by atoms with Crippen LogP contribution in [0, 0.1) is 17.6 Å². The summed E-state index contributed by atoms with van der Waals surface area (Å²) in [6.45, 7) is 0.562. The fraction of sp³-hybridized carbons (Fsp3) is 0.353. The number of hydrogen-bond donors (Lipinski definition) is 0. The lowest BCUT2D eigenvalue weighted by molar-refractivity contribution is -0.145. The van der Waals surface area contributed by atoms with Crippen LogP contribution in [-0.4, -0.2) is 35.9 Å². The number of benzene rings is 1. The fourth-order valence-electron chi connectivity index (χ4n) is 3.16. The van der Waals surface area contributed by atoms with Gasteiger partial charge in [-0.05, 0) is 17.7 Å². The number of esters is 1. The molecular formula is C17H17F2N3O3. The Kier molecular flexibility index (Phi) is 4.52. The van der Waals surface area contributed by atoms with E-state index in [1.165, 1.54) is 37.0 Å². The molecule has 3 rings (SSSR count). The number of methoxy groups -OCH3 is 1. The molecule has 0 unspecified atom stereocenters. The summed E-state index contributed by atoms with van der Waals surface area (Å²) in [5, 5.41) is 4.16. The minimum atomic E-state index is -0.700. The number of hydrogen-bond acceptors (Lipinski definition) is 5. The summed E-state index contributed by atoms with van der Waals surface area (Å²) in [7, 11) is 2.80. The van der Waals surface area contributed by atoms with E-state index in [2.05, 4.69) is 5.10 Å². The first-order valence-electron chi connectivity index (χ1n) is 7.72. The van der Waals surface area contributed by atoms with Gasteiger partial charge in [0.05, 0.1) is 13.0 Å². The maximum absolute atomic E-state index is 14.2. The standard InChI is InChI=1S/C17H17F2N3O3/c1-21-16(23)6-5-15(20-21)22-8-12(13(9-22)17(24)25-2)11-4-3-10(18)7-14(11)19/h3-7,12-13H,8-9H2,1-2H3/t12-,13+/m0/s1. The van der Waals surface area contributed by atoms with Gasteiger partial charge in [-0.15, -0.1) is 0 Å². The zero-order valence-corrected chi connectivity index (χ0v) is 13.8. The molecule has 0 N–H and O–H groups in total. The first-order valence-corrected chi connectivity index (χ1v) is 7.72. The average molecular weight is 349 g/mol. The number of halogens is 2. The normalized spacial score (nSPS) is 19.9. The third kappa shape index (κ3) is 3.24. The molecule has 1 aliphatic rings. The van der Waals surface area contributed by atoms with Gasteiger partial charge in [-0.3, -0.25) is 9.59 Å². The van der Waals surface area contributed by atoms with Crippen LogP contribution in [0.25, 0.3) is 0 Å². The van der Waals surface area contributed by atoms with Crippen LogP contribution in [0.3, 0.4) is 0 Å². The molecule has 8 heteroatoms. The lowest BCUT2D eigenvalue weighted by Gasteiger charge is -2.18. The number of ether oxygens (including phenoxy) is 1. The van der Waals surface area contributed by atoms with Gasteiger partial charge in [-0.25, -0.2) is 13.5 Å². The van der Waals surface area contributed by atoms with Crippen molar-refractivity contribution in [2.24, 2.45) is 13.0 Å². The molecular weight excluding hydrogens is 332 g/mol. The van der Waals surface area contributed by atoms with Gasteiger partial charge < -0.3 is 9.64 Å². The largest absolute Gasteiger partial charge is 0.469 e. The molecule has 1 saturated heterocycles. The topological polar surface area (TPSA) is 64.4 Å². The van der Waals surface area contributed by atoms with Gasteiger partial charge in [0.1, 0.15) is 17.5 Å². The van der Waals surface area contributed by atoms with Crippen LogP contribution in [0.1, 0.15) is 11.5 Å². The second-order valence-electron chi connectivity index (χ2n) is 5.96. The van der Waals surface area contributed by atoms with Crippen LogP contribution < -0.4 is 10.5 Å². The molecule has 0 saturated carbocycles. The lowest BCUT2D eigenvalue weighted by Crippen LogP contribution is -2.27. The van der Waals surface area contributed by atoms with E-state index in [4.69, 9.17) is 4.74 Å². The number of rotatable bonds is 3. The van der Waals surface area contributed by atoms with Gasteiger partial charge in [0, 0.05) is 38.2 Å². The molecule has 0 aliphatic carbocycles. The molecule has 1 aliphatic heterocycles. The van der Waals surface area contributed by atoms with Crippen LogP contribution in [0.4, 0.5) is 14.6 Å². The van der Waals surface area contributed by atoms with Crippen molar-refractivity contribution in [2.75, 3.05) is 25.1 Å². The minimum absolute atomic E-state index is 0.254. The third-order valence-electron chi connectivity index (χ3n) is 4.46. The zero-order valence-electron chi connectivity index (χ0n) is 13.8. The average Bonchev–Trinajstić information content (AvgIpc) is 3.01. The third-order valence-corrected chi connectivity index (χ3v) is 4.46. The number of nitrogens with zero attached hydrogens (tertiary/aromatic N) is 3. The molecule has 0 radical (unpaired) electrons. The van der Waals surface area contributed by atoms with E-state index in [1.54, 1.807) is 11.0 Å². The zero-order chi connectivity index (χ0) is 18.1. The highest BCUT2D eigenvalue weighted by Gasteiger charge is 2.41. The predicted molar refractivity (Wildman–Crippen MR) is 86.3 cm³/mol. The molecule has 0 spiro atoms. The number of anilines is 1. The molecule has 0 bridgehead atoms. The van der Waals surface area contributed by atoms with Gasteiger partial charge in [0.15, 0.2) is 0 Å². The molecule has 25 heavy (non-hydrogen) atoms. The summed E-state index contributed by atoms with van der Waals surface area (Å²) in [4.78, 5) is 25.4. The maximum atomic E-state index is 14.2. The van der Waals surface area contributed by atoms with Crippen molar-refractivity contribution in [3.63, 3.8) is 0 Å². The van der Waals surface area contributed by atoms with E-state index < -0.39 is 29.4 Å². The second-order valence-corrected chi connectivity index (χ2v) is 5.96. The molecule has 1 fully saturated rings. The minimum Gasteiger partial charge on any atom is -0.469 e. The molecule has 2 atom stereocenters. The highest BCUT2D eigenvalue weighted by molar-refractivity contribution is 5.75. The van der Waals surface area contributed by atoms with Crippen molar-refractivity contribution in [3.05, 3.63) is 57.9 Å². The quantitative estimate of drug-likeness (QED) is 0.785. The van der Waals surface area contributed by atoms with E-state index in [9.17, 15) is 18.4 Å². The summed E-state index contributed by atoms with van der Waals surface area (Å²) in [6, 6.07) is 6.25. The first kappa shape index (κ1) is 17.1. The summed E-state index contributed by atoms with van der Waals surface area (Å²) >= 11 is 0. The Labute approximate surface area is 142 Å². The maximum Gasteiger partial charge on any atom is 0.311 e. The number of carbonyl (C=O) groups excluding carboxylic acids is 1. The van der Waals surface area contributed by atoms with E-state index >= 15 is 0 Å². The molecule has 132 valence electrons. The van der Waals surface area contributed by atoms with Gasteiger partial charge in [-0.1, -0.05) is 6.07 Å². The van der Waals surface area contributed by atoms with Crippen molar-refractivity contribution >= 4 is 11.8 Å². The van der Waals surface area contributed by atoms with Crippen molar-refractivity contribution < 1.29 is 18.3 Å². The van der Waals surface area contributed by atoms with Crippen LogP contribution in [0.5, 0.6) is 0 Å². The van der Waals surface area contributed by atoms with Crippen LogP contribution in [0.15, 0.2) is 35.1 Å². The Balaban J connectivity index is 1.97. The van der Waals surface area contributed by atoms with Crippen molar-refractivity contribution in [1.29, 1.82) is 0 Å². The molecule has 6 nitrogen and oxygen atoms in total. The Bertz CT molecular complexity index is 868. The molecule has 1 aromatic carbocycles. The second kappa shape index (κ2) is 6.62. The van der Waals surface area contributed by atoms with E-state index in [1.807, 2.05) is 0 Å². The van der Waals surface area contributed by atoms with Gasteiger partial charge in [0.25, 0.3) is 5.56 Å². The van der Waals surface area contributed by atoms with Gasteiger partial charge in [0.2, 0.25) is 0 Å². The SMILES string of the molecule is COC(=O)[C@@H]1CN(c2ccc(=O)n(C)n2)C[C@H]1c1ccc(F)cc1F. The Morgan fingerprint density at radius 2 is 2.00 bits per heavy atom. The van der Waals surface area contributed by atoms with E-state index in [0.717, 1.165) is 6.07 Å². The molecule has 0 amide bonds. The van der Waals surface area contributed by atoms with Gasteiger partial charge in [-0.2, -0.15) is 5.10 Å². The number of carbonyl (C=O) groups is 1. The molecule has 2 heterocycles. The van der Waals surface area contributed by atoms with E-state index in [0.29, 0.717) is 12.4 Å². The highest BCUT2D eigenvalue weighted by Crippen LogP contribution is 2.36. The summed E-state index contributed by atoms with van der Waals surface area (Å²) < 4.78 is 33.4. The Hall–Kier alpha value is -2.77. The number of aromatic nitrogens is 2. The lowest BCUT2D eigenvalue weighted by atomic mass is 9.88. The van der Waals surface area contributed by atoms with Crippen LogP contribution in [0.2, 0.25) is 0 Å². The van der Waals surface area contributed by atoms with E-state index in [-0.39, 0.29) is 17.7 Å². The summed E-state index contributed by atoms with van der Waals surface area (Å²) in [5.41, 5.74) is -0.00212. The smallest absolute Gasteiger partial charge is 0.311 e. The van der Waals surface area contributed by atoms with Crippen molar-refractivity contribution in [3.8, 4) is 0 Å². The molecule has 1 aromatic heterocycles. The first-order chi connectivity index (χ1) is 11.9. The van der Waals surface area contributed by atoms with Gasteiger partial charge >= 0.3 is 5.97 Å². The Morgan fingerprint density at radius 3 is 2.64 bits per heavy atom. The molecule has 2 aromatic rings. The summed E-state index contributed by atoms with van der Waals surface area (Å²) in [6.07, 6.45) is 0. The Morgan fingerprint density at radius 1 is 1.24 bits per heavy atom. The van der Waals surface area contributed by atoms with Crippen molar-refractivity contribution in [2.45, 2.75) is 5.92 Å². The highest BCUT2D eigenvalue weighted by atomic mass is 19.1. The van der Waals surface area contributed by atoms with Crippen molar-refractivity contribution in [1.82, 2.24) is 9.78 Å². The van der Waals surface area contributed by atoms with Crippen LogP contribution >= 0.6 is 0 Å². The monoisotopic (exact) mass is 349 g/mol. The fourth-order valence-corrected chi connectivity index (χ4v) is 3.16.